The van der Waals surface area contributed by atoms with Crippen LogP contribution in [0.15, 0.2) is 76.3 Å². The summed E-state index contributed by atoms with van der Waals surface area (Å²) in [6.45, 7) is 0.583. The van der Waals surface area contributed by atoms with Gasteiger partial charge in [0.05, 0.1) is 0 Å². The zero-order valence-electron chi connectivity index (χ0n) is 15.8. The molecular formula is C22H19N3O3S. The number of fused-ring (bicyclic) bond motifs is 1. The second-order valence-corrected chi connectivity index (χ2v) is 7.21. The number of ether oxygens (including phenoxy) is 1. The van der Waals surface area contributed by atoms with Crippen molar-refractivity contribution >= 4 is 28.6 Å². The fourth-order valence-corrected chi connectivity index (χ4v) is 3.37. The summed E-state index contributed by atoms with van der Waals surface area (Å²) < 4.78 is 11.1. The molecule has 146 valence electrons. The van der Waals surface area contributed by atoms with E-state index >= 15 is 0 Å². The smallest absolute Gasteiger partial charge is 0.273 e. The van der Waals surface area contributed by atoms with Gasteiger partial charge in [0.2, 0.25) is 0 Å². The maximum atomic E-state index is 12.3. The fourth-order valence-electron chi connectivity index (χ4n) is 2.88. The highest BCUT2D eigenvalue weighted by atomic mass is 32.2. The Bertz CT molecular complexity index is 1140. The zero-order valence-corrected chi connectivity index (χ0v) is 16.6. The Hall–Kier alpha value is -3.32. The number of carbonyl (C=O) groups is 1. The number of pyridine rings is 1. The van der Waals surface area contributed by atoms with Gasteiger partial charge >= 0.3 is 0 Å². The maximum Gasteiger partial charge on any atom is 0.273 e. The van der Waals surface area contributed by atoms with Gasteiger partial charge in [0.15, 0.2) is 11.5 Å². The van der Waals surface area contributed by atoms with Gasteiger partial charge in [-0.25, -0.2) is 0 Å². The van der Waals surface area contributed by atoms with Crippen LogP contribution < -0.4 is 10.1 Å². The van der Waals surface area contributed by atoms with Crippen LogP contribution in [-0.4, -0.2) is 22.3 Å². The van der Waals surface area contributed by atoms with Crippen molar-refractivity contribution in [1.82, 2.24) is 15.5 Å². The summed E-state index contributed by atoms with van der Waals surface area (Å²) >= 11 is 1.66. The van der Waals surface area contributed by atoms with Gasteiger partial charge in [-0.2, -0.15) is 0 Å². The van der Waals surface area contributed by atoms with Gasteiger partial charge in [-0.15, -0.1) is 11.8 Å². The van der Waals surface area contributed by atoms with Gasteiger partial charge in [0.25, 0.3) is 5.91 Å². The summed E-state index contributed by atoms with van der Waals surface area (Å²) in [5.41, 5.74) is 2.03. The Labute approximate surface area is 172 Å². The number of thioether (sulfide) groups is 1. The SMILES string of the molecule is CSc1cccc(CNC(=O)c2cc(COc3cccc4cccnc34)on2)c1. The molecule has 0 fully saturated rings. The lowest BCUT2D eigenvalue weighted by molar-refractivity contribution is 0.0941. The lowest BCUT2D eigenvalue weighted by atomic mass is 10.2. The number of hydrogen-bond acceptors (Lipinski definition) is 6. The molecule has 0 aliphatic rings. The fraction of sp³-hybridized carbons (Fsp3) is 0.136. The second-order valence-electron chi connectivity index (χ2n) is 6.33. The lowest BCUT2D eigenvalue weighted by Gasteiger charge is -2.06. The first kappa shape index (κ1) is 19.0. The summed E-state index contributed by atoms with van der Waals surface area (Å²) in [6, 6.07) is 19.2. The molecule has 1 N–H and O–H groups in total. The van der Waals surface area contributed by atoms with Crippen LogP contribution in [0.1, 0.15) is 21.8 Å². The van der Waals surface area contributed by atoms with Crippen LogP contribution in [0.2, 0.25) is 0 Å². The minimum Gasteiger partial charge on any atom is -0.483 e. The predicted octanol–water partition coefficient (Wildman–Crippen LogP) is 4.45. The lowest BCUT2D eigenvalue weighted by Crippen LogP contribution is -2.23. The average Bonchev–Trinajstić information content (AvgIpc) is 3.25. The van der Waals surface area contributed by atoms with Crippen LogP contribution in [0.25, 0.3) is 10.9 Å². The van der Waals surface area contributed by atoms with Crippen molar-refractivity contribution in [2.75, 3.05) is 6.26 Å². The third-order valence-electron chi connectivity index (χ3n) is 4.34. The van der Waals surface area contributed by atoms with Crippen molar-refractivity contribution in [2.45, 2.75) is 18.0 Å². The summed E-state index contributed by atoms with van der Waals surface area (Å²) in [5, 5.41) is 7.70. The molecule has 6 nitrogen and oxygen atoms in total. The molecule has 4 aromatic rings. The number of carbonyl (C=O) groups excluding carboxylic acids is 1. The molecule has 0 saturated carbocycles. The summed E-state index contributed by atoms with van der Waals surface area (Å²) in [5.74, 6) is 0.827. The number of nitrogens with zero attached hydrogens (tertiary/aromatic N) is 2. The number of hydrogen-bond donors (Lipinski definition) is 1. The van der Waals surface area contributed by atoms with E-state index in [0.29, 0.717) is 18.1 Å². The largest absolute Gasteiger partial charge is 0.483 e. The van der Waals surface area contributed by atoms with Gasteiger partial charge in [-0.05, 0) is 36.1 Å². The minimum absolute atomic E-state index is 0.158. The molecule has 0 aliphatic heterocycles. The molecule has 2 aromatic heterocycles. The Morgan fingerprint density at radius 3 is 2.90 bits per heavy atom. The standard InChI is InChI=1S/C22H19N3O3S/c1-29-18-8-2-5-15(11-18)13-24-22(26)19-12-17(28-25-19)14-27-20-9-3-6-16-7-4-10-23-21(16)20/h2-12H,13-14H2,1H3,(H,24,26). The number of benzene rings is 2. The first-order valence-corrected chi connectivity index (χ1v) is 10.3. The van der Waals surface area contributed by atoms with E-state index in [4.69, 9.17) is 9.26 Å². The Morgan fingerprint density at radius 2 is 2.00 bits per heavy atom. The molecule has 0 radical (unpaired) electrons. The quantitative estimate of drug-likeness (QED) is 0.458. The van der Waals surface area contributed by atoms with E-state index in [1.54, 1.807) is 24.0 Å². The molecule has 2 aromatic carbocycles. The van der Waals surface area contributed by atoms with Crippen LogP contribution >= 0.6 is 11.8 Å². The molecule has 0 aliphatic carbocycles. The van der Waals surface area contributed by atoms with E-state index in [-0.39, 0.29) is 18.2 Å². The van der Waals surface area contributed by atoms with Gasteiger partial charge in [0.1, 0.15) is 17.9 Å². The van der Waals surface area contributed by atoms with Gasteiger partial charge in [0, 0.05) is 29.1 Å². The first-order chi connectivity index (χ1) is 14.2. The summed E-state index contributed by atoms with van der Waals surface area (Å²) in [4.78, 5) is 17.9. The highest BCUT2D eigenvalue weighted by Crippen LogP contribution is 2.24. The third kappa shape index (κ3) is 4.57. The molecule has 7 heteroatoms. The van der Waals surface area contributed by atoms with E-state index in [9.17, 15) is 4.79 Å². The van der Waals surface area contributed by atoms with Crippen LogP contribution in [0.5, 0.6) is 5.75 Å². The second kappa shape index (κ2) is 8.79. The zero-order chi connectivity index (χ0) is 20.1. The van der Waals surface area contributed by atoms with Gasteiger partial charge in [-0.3, -0.25) is 9.78 Å². The molecule has 0 spiro atoms. The van der Waals surface area contributed by atoms with Crippen molar-refractivity contribution in [2.24, 2.45) is 0 Å². The molecule has 29 heavy (non-hydrogen) atoms. The Kier molecular flexibility index (Phi) is 5.76. The van der Waals surface area contributed by atoms with E-state index in [1.807, 2.05) is 60.9 Å². The highest BCUT2D eigenvalue weighted by molar-refractivity contribution is 7.98. The van der Waals surface area contributed by atoms with Crippen LogP contribution in [-0.2, 0) is 13.2 Å². The van der Waals surface area contributed by atoms with Crippen molar-refractivity contribution in [3.05, 3.63) is 83.9 Å². The Balaban J connectivity index is 1.37. The topological polar surface area (TPSA) is 77.2 Å². The van der Waals surface area contributed by atoms with E-state index in [2.05, 4.69) is 15.5 Å². The molecule has 0 saturated heterocycles. The predicted molar refractivity (Wildman–Crippen MR) is 112 cm³/mol. The third-order valence-corrected chi connectivity index (χ3v) is 5.07. The van der Waals surface area contributed by atoms with E-state index in [0.717, 1.165) is 21.4 Å². The van der Waals surface area contributed by atoms with Crippen LogP contribution in [0.4, 0.5) is 0 Å². The first-order valence-electron chi connectivity index (χ1n) is 9.06. The molecule has 0 unspecified atom stereocenters. The van der Waals surface area contributed by atoms with Crippen LogP contribution in [0, 0.1) is 0 Å². The van der Waals surface area contributed by atoms with Crippen molar-refractivity contribution in [3.8, 4) is 5.75 Å². The number of aromatic nitrogens is 2. The molecule has 0 atom stereocenters. The molecule has 0 bridgehead atoms. The van der Waals surface area contributed by atoms with Crippen molar-refractivity contribution < 1.29 is 14.1 Å². The molecular weight excluding hydrogens is 386 g/mol. The van der Waals surface area contributed by atoms with Crippen LogP contribution in [0.3, 0.4) is 0 Å². The number of nitrogens with one attached hydrogen (secondary N) is 1. The van der Waals surface area contributed by atoms with E-state index in [1.165, 1.54) is 0 Å². The molecule has 1 amide bonds. The highest BCUT2D eigenvalue weighted by Gasteiger charge is 2.13. The van der Waals surface area contributed by atoms with Crippen molar-refractivity contribution in [3.63, 3.8) is 0 Å². The number of para-hydroxylation sites is 1. The number of rotatable bonds is 7. The average molecular weight is 405 g/mol. The summed E-state index contributed by atoms with van der Waals surface area (Å²) in [7, 11) is 0. The van der Waals surface area contributed by atoms with Gasteiger partial charge in [-0.1, -0.05) is 35.5 Å². The summed E-state index contributed by atoms with van der Waals surface area (Å²) in [6.07, 6.45) is 3.74. The monoisotopic (exact) mass is 405 g/mol. The Morgan fingerprint density at radius 1 is 1.14 bits per heavy atom. The maximum absolute atomic E-state index is 12.3. The minimum atomic E-state index is -0.290. The van der Waals surface area contributed by atoms with Crippen molar-refractivity contribution in [1.29, 1.82) is 0 Å². The van der Waals surface area contributed by atoms with E-state index < -0.39 is 0 Å². The number of amides is 1. The van der Waals surface area contributed by atoms with Gasteiger partial charge < -0.3 is 14.6 Å². The molecule has 4 rings (SSSR count). The molecule has 2 heterocycles. The normalized spacial score (nSPS) is 10.8.